The molecule has 1 aromatic rings. The molecule has 1 aromatic carbocycles. The molecule has 0 saturated heterocycles. The number of carbonyl (C=O) groups excluding carboxylic acids is 2. The van der Waals surface area contributed by atoms with Crippen LogP contribution in [-0.2, 0) is 19.1 Å². The fourth-order valence-corrected chi connectivity index (χ4v) is 3.60. The standard InChI is InChI=1S/C20H23Cl2NO4/c1-6-27-20(25)16-15(12-8-7-9-13(21)17(12)22)14(19(24)26-5)11(4)23-18(16)10(2)3/h7-10,15,23H,6H2,1-5H3. The van der Waals surface area contributed by atoms with Gasteiger partial charge in [-0.2, -0.15) is 0 Å². The maximum atomic E-state index is 12.9. The molecule has 0 amide bonds. The molecule has 27 heavy (non-hydrogen) atoms. The Morgan fingerprint density at radius 2 is 1.85 bits per heavy atom. The van der Waals surface area contributed by atoms with Gasteiger partial charge in [0.2, 0.25) is 0 Å². The Kier molecular flexibility index (Phi) is 6.95. The van der Waals surface area contributed by atoms with Gasteiger partial charge in [0.05, 0.1) is 40.8 Å². The van der Waals surface area contributed by atoms with E-state index >= 15 is 0 Å². The number of hydrogen-bond donors (Lipinski definition) is 1. The summed E-state index contributed by atoms with van der Waals surface area (Å²) in [5.74, 6) is -1.82. The van der Waals surface area contributed by atoms with Crippen molar-refractivity contribution < 1.29 is 19.1 Å². The number of dihydropyridines is 1. The predicted octanol–water partition coefficient (Wildman–Crippen LogP) is 4.60. The molecule has 1 N–H and O–H groups in total. The molecule has 1 atom stereocenters. The fourth-order valence-electron chi connectivity index (χ4n) is 3.18. The van der Waals surface area contributed by atoms with E-state index < -0.39 is 17.9 Å². The molecule has 0 spiro atoms. The van der Waals surface area contributed by atoms with Crippen LogP contribution in [0.1, 0.15) is 39.2 Å². The van der Waals surface area contributed by atoms with Gasteiger partial charge in [0, 0.05) is 11.4 Å². The zero-order chi connectivity index (χ0) is 20.3. The minimum atomic E-state index is -0.749. The first-order valence-corrected chi connectivity index (χ1v) is 9.41. The second kappa shape index (κ2) is 8.81. The van der Waals surface area contributed by atoms with Crippen LogP contribution in [0.4, 0.5) is 0 Å². The highest BCUT2D eigenvalue weighted by atomic mass is 35.5. The van der Waals surface area contributed by atoms with Gasteiger partial charge in [-0.05, 0) is 31.4 Å². The summed E-state index contributed by atoms with van der Waals surface area (Å²) in [5.41, 5.74) is 2.46. The molecule has 0 bridgehead atoms. The lowest BCUT2D eigenvalue weighted by Crippen LogP contribution is -2.35. The van der Waals surface area contributed by atoms with Gasteiger partial charge in [0.25, 0.3) is 0 Å². The minimum Gasteiger partial charge on any atom is -0.466 e. The smallest absolute Gasteiger partial charge is 0.336 e. The topological polar surface area (TPSA) is 64.6 Å². The highest BCUT2D eigenvalue weighted by molar-refractivity contribution is 6.42. The lowest BCUT2D eigenvalue weighted by Gasteiger charge is -2.33. The molecule has 0 aliphatic carbocycles. The number of carbonyl (C=O) groups is 2. The zero-order valence-electron chi connectivity index (χ0n) is 16.0. The maximum absolute atomic E-state index is 12.9. The summed E-state index contributed by atoms with van der Waals surface area (Å²) in [5, 5.41) is 3.81. The Labute approximate surface area is 169 Å². The first kappa shape index (κ1) is 21.3. The van der Waals surface area contributed by atoms with Crippen LogP contribution >= 0.6 is 23.2 Å². The quantitative estimate of drug-likeness (QED) is 0.717. The Morgan fingerprint density at radius 3 is 2.41 bits per heavy atom. The van der Waals surface area contributed by atoms with Crippen LogP contribution in [0.2, 0.25) is 10.0 Å². The zero-order valence-corrected chi connectivity index (χ0v) is 17.5. The predicted molar refractivity (Wildman–Crippen MR) is 106 cm³/mol. The van der Waals surface area contributed by atoms with Crippen molar-refractivity contribution in [2.24, 2.45) is 5.92 Å². The first-order chi connectivity index (χ1) is 12.7. The molecule has 5 nitrogen and oxygen atoms in total. The molecule has 146 valence electrons. The number of benzene rings is 1. The molecule has 2 rings (SSSR count). The summed E-state index contributed by atoms with van der Waals surface area (Å²) >= 11 is 12.7. The summed E-state index contributed by atoms with van der Waals surface area (Å²) in [7, 11) is 1.30. The highest BCUT2D eigenvalue weighted by Gasteiger charge is 2.40. The normalized spacial score (nSPS) is 17.1. The number of esters is 2. The summed E-state index contributed by atoms with van der Waals surface area (Å²) in [6, 6.07) is 5.13. The number of hydrogen-bond acceptors (Lipinski definition) is 5. The van der Waals surface area contributed by atoms with Crippen LogP contribution in [0.5, 0.6) is 0 Å². The molecular formula is C20H23Cl2NO4. The van der Waals surface area contributed by atoms with E-state index in [1.54, 1.807) is 32.0 Å². The molecule has 0 aromatic heterocycles. The van der Waals surface area contributed by atoms with Crippen molar-refractivity contribution in [1.82, 2.24) is 5.32 Å². The van der Waals surface area contributed by atoms with E-state index in [2.05, 4.69) is 5.32 Å². The van der Waals surface area contributed by atoms with E-state index in [1.165, 1.54) is 7.11 Å². The number of ether oxygens (including phenoxy) is 2. The number of methoxy groups -OCH3 is 1. The molecule has 1 unspecified atom stereocenters. The van der Waals surface area contributed by atoms with E-state index in [0.717, 1.165) is 0 Å². The van der Waals surface area contributed by atoms with E-state index in [9.17, 15) is 9.59 Å². The van der Waals surface area contributed by atoms with E-state index in [4.69, 9.17) is 32.7 Å². The number of rotatable bonds is 5. The molecule has 7 heteroatoms. The monoisotopic (exact) mass is 411 g/mol. The Hall–Kier alpha value is -1.98. The average molecular weight is 412 g/mol. The Balaban J connectivity index is 2.83. The van der Waals surface area contributed by atoms with Gasteiger partial charge in [-0.1, -0.05) is 49.2 Å². The third kappa shape index (κ3) is 4.14. The minimum absolute atomic E-state index is 0.0148. The number of halogens is 2. The van der Waals surface area contributed by atoms with Crippen molar-refractivity contribution in [1.29, 1.82) is 0 Å². The van der Waals surface area contributed by atoms with E-state index in [0.29, 0.717) is 33.1 Å². The van der Waals surface area contributed by atoms with Crippen molar-refractivity contribution in [3.05, 3.63) is 56.3 Å². The van der Waals surface area contributed by atoms with Gasteiger partial charge < -0.3 is 14.8 Å². The summed E-state index contributed by atoms with van der Waals surface area (Å²) in [4.78, 5) is 25.5. The van der Waals surface area contributed by atoms with Crippen molar-refractivity contribution in [2.45, 2.75) is 33.6 Å². The van der Waals surface area contributed by atoms with Crippen molar-refractivity contribution in [3.63, 3.8) is 0 Å². The van der Waals surface area contributed by atoms with E-state index in [1.807, 2.05) is 13.8 Å². The second-order valence-electron chi connectivity index (χ2n) is 6.43. The number of allylic oxidation sites excluding steroid dienone is 2. The fraction of sp³-hybridized carbons (Fsp3) is 0.400. The first-order valence-electron chi connectivity index (χ1n) is 8.65. The third-order valence-electron chi connectivity index (χ3n) is 4.36. The van der Waals surface area contributed by atoms with Crippen LogP contribution in [0.3, 0.4) is 0 Å². The van der Waals surface area contributed by atoms with Gasteiger partial charge in [-0.3, -0.25) is 0 Å². The lowest BCUT2D eigenvalue weighted by atomic mass is 9.78. The van der Waals surface area contributed by atoms with Crippen LogP contribution in [0.25, 0.3) is 0 Å². The molecule has 1 aliphatic rings. The van der Waals surface area contributed by atoms with Crippen molar-refractivity contribution in [3.8, 4) is 0 Å². The SMILES string of the molecule is CCOC(=O)C1=C(C(C)C)NC(C)=C(C(=O)OC)C1c1cccc(Cl)c1Cl. The van der Waals surface area contributed by atoms with Gasteiger partial charge in [0.15, 0.2) is 0 Å². The van der Waals surface area contributed by atoms with Crippen LogP contribution in [0, 0.1) is 5.92 Å². The summed E-state index contributed by atoms with van der Waals surface area (Å²) < 4.78 is 10.3. The Bertz CT molecular complexity index is 827. The van der Waals surface area contributed by atoms with Gasteiger partial charge in [0.1, 0.15) is 0 Å². The largest absolute Gasteiger partial charge is 0.466 e. The van der Waals surface area contributed by atoms with Crippen LogP contribution in [0.15, 0.2) is 40.7 Å². The van der Waals surface area contributed by atoms with Gasteiger partial charge in [-0.15, -0.1) is 0 Å². The second-order valence-corrected chi connectivity index (χ2v) is 7.22. The molecule has 0 fully saturated rings. The Morgan fingerprint density at radius 1 is 1.19 bits per heavy atom. The molecule has 1 aliphatic heterocycles. The molecule has 0 radical (unpaired) electrons. The van der Waals surface area contributed by atoms with Gasteiger partial charge in [-0.25, -0.2) is 9.59 Å². The van der Waals surface area contributed by atoms with Gasteiger partial charge >= 0.3 is 11.9 Å². The lowest BCUT2D eigenvalue weighted by molar-refractivity contribution is -0.139. The van der Waals surface area contributed by atoms with Crippen molar-refractivity contribution in [2.75, 3.05) is 13.7 Å². The van der Waals surface area contributed by atoms with Crippen LogP contribution in [-0.4, -0.2) is 25.7 Å². The molecule has 0 saturated carbocycles. The van der Waals surface area contributed by atoms with E-state index in [-0.39, 0.29) is 17.5 Å². The van der Waals surface area contributed by atoms with Crippen LogP contribution < -0.4 is 5.32 Å². The molecule has 1 heterocycles. The summed E-state index contributed by atoms with van der Waals surface area (Å²) in [6.07, 6.45) is 0. The van der Waals surface area contributed by atoms with Crippen molar-refractivity contribution >= 4 is 35.1 Å². The average Bonchev–Trinajstić information content (AvgIpc) is 2.62. The highest BCUT2D eigenvalue weighted by Crippen LogP contribution is 2.44. The third-order valence-corrected chi connectivity index (χ3v) is 5.20. The maximum Gasteiger partial charge on any atom is 0.336 e. The molecular weight excluding hydrogens is 389 g/mol. The number of nitrogens with one attached hydrogen (secondary N) is 1. The summed E-state index contributed by atoms with van der Waals surface area (Å²) in [6.45, 7) is 7.61.